The lowest BCUT2D eigenvalue weighted by Gasteiger charge is -2.27. The predicted molar refractivity (Wildman–Crippen MR) is 75.7 cm³/mol. The molecule has 2 nitrogen and oxygen atoms in total. The van der Waals surface area contributed by atoms with Crippen LogP contribution in [0.25, 0.3) is 0 Å². The Morgan fingerprint density at radius 2 is 2.20 bits per heavy atom. The van der Waals surface area contributed by atoms with E-state index in [4.69, 9.17) is 4.74 Å². The first-order chi connectivity index (χ1) is 9.61. The molecular weight excluding hydrogens is 260 g/mol. The second-order valence-electron chi connectivity index (χ2n) is 5.60. The largest absolute Gasteiger partial charge is 0.376 e. The van der Waals surface area contributed by atoms with E-state index in [1.54, 1.807) is 0 Å². The number of halogens is 2. The molecule has 1 fully saturated rings. The lowest BCUT2D eigenvalue weighted by Crippen LogP contribution is -2.44. The zero-order valence-corrected chi connectivity index (χ0v) is 12.2. The minimum Gasteiger partial charge on any atom is -0.376 e. The highest BCUT2D eigenvalue weighted by Crippen LogP contribution is 2.25. The number of nitrogens with one attached hydrogen (secondary N) is 1. The standard InChI is InChI=1S/C16H23F2NO/c1-3-7-19-15(16-11(2)6-8-20-16)10-12-9-13(17)4-5-14(12)18/h4-5,9,11,15-16,19H,3,6-8,10H2,1-2H3. The van der Waals surface area contributed by atoms with Crippen LogP contribution in [-0.4, -0.2) is 25.3 Å². The van der Waals surface area contributed by atoms with Crippen molar-refractivity contribution in [1.29, 1.82) is 0 Å². The van der Waals surface area contributed by atoms with E-state index in [0.29, 0.717) is 17.9 Å². The molecule has 0 amide bonds. The minimum atomic E-state index is -0.393. The van der Waals surface area contributed by atoms with Crippen LogP contribution in [-0.2, 0) is 11.2 Å². The smallest absolute Gasteiger partial charge is 0.126 e. The summed E-state index contributed by atoms with van der Waals surface area (Å²) in [6, 6.07) is 3.67. The summed E-state index contributed by atoms with van der Waals surface area (Å²) in [6.07, 6.45) is 2.56. The molecule has 3 atom stereocenters. The van der Waals surface area contributed by atoms with Crippen LogP contribution in [0.4, 0.5) is 8.78 Å². The van der Waals surface area contributed by atoms with Crippen molar-refractivity contribution in [1.82, 2.24) is 5.32 Å². The number of benzene rings is 1. The molecule has 1 saturated heterocycles. The predicted octanol–water partition coefficient (Wildman–Crippen LogP) is 3.30. The van der Waals surface area contributed by atoms with Gasteiger partial charge in [-0.25, -0.2) is 8.78 Å². The lowest BCUT2D eigenvalue weighted by molar-refractivity contribution is 0.0607. The Balaban J connectivity index is 2.12. The third-order valence-electron chi connectivity index (χ3n) is 3.95. The van der Waals surface area contributed by atoms with Crippen LogP contribution in [0.15, 0.2) is 18.2 Å². The maximum Gasteiger partial charge on any atom is 0.126 e. The van der Waals surface area contributed by atoms with Gasteiger partial charge in [0, 0.05) is 12.6 Å². The molecule has 0 radical (unpaired) electrons. The van der Waals surface area contributed by atoms with Crippen LogP contribution in [0.5, 0.6) is 0 Å². The second-order valence-corrected chi connectivity index (χ2v) is 5.60. The van der Waals surface area contributed by atoms with Gasteiger partial charge in [0.15, 0.2) is 0 Å². The van der Waals surface area contributed by atoms with E-state index in [1.165, 1.54) is 12.1 Å². The normalized spacial score (nSPS) is 24.0. The summed E-state index contributed by atoms with van der Waals surface area (Å²) >= 11 is 0. The summed E-state index contributed by atoms with van der Waals surface area (Å²) in [5, 5.41) is 3.42. The Labute approximate surface area is 119 Å². The molecule has 1 N–H and O–H groups in total. The molecule has 1 aromatic rings. The summed E-state index contributed by atoms with van der Waals surface area (Å²) in [7, 11) is 0. The van der Waals surface area contributed by atoms with Gasteiger partial charge in [-0.1, -0.05) is 13.8 Å². The van der Waals surface area contributed by atoms with Gasteiger partial charge in [0.05, 0.1) is 6.10 Å². The average Bonchev–Trinajstić information content (AvgIpc) is 2.84. The fraction of sp³-hybridized carbons (Fsp3) is 0.625. The van der Waals surface area contributed by atoms with Crippen LogP contribution < -0.4 is 5.32 Å². The van der Waals surface area contributed by atoms with Crippen molar-refractivity contribution >= 4 is 0 Å². The zero-order valence-electron chi connectivity index (χ0n) is 12.2. The number of hydrogen-bond donors (Lipinski definition) is 1. The van der Waals surface area contributed by atoms with Crippen LogP contribution in [0.3, 0.4) is 0 Å². The Bertz CT molecular complexity index is 438. The first-order valence-corrected chi connectivity index (χ1v) is 7.40. The molecule has 0 aliphatic carbocycles. The molecule has 3 unspecified atom stereocenters. The van der Waals surface area contributed by atoms with Crippen molar-refractivity contribution in [3.05, 3.63) is 35.4 Å². The van der Waals surface area contributed by atoms with Gasteiger partial charge in [-0.2, -0.15) is 0 Å². The molecule has 4 heteroatoms. The number of hydrogen-bond acceptors (Lipinski definition) is 2. The molecule has 0 aromatic heterocycles. The highest BCUT2D eigenvalue weighted by molar-refractivity contribution is 5.20. The maximum absolute atomic E-state index is 13.8. The van der Waals surface area contributed by atoms with Crippen molar-refractivity contribution in [3.63, 3.8) is 0 Å². The molecule has 1 aliphatic rings. The molecule has 20 heavy (non-hydrogen) atoms. The Kier molecular flexibility index (Phi) is 5.49. The Morgan fingerprint density at radius 3 is 2.85 bits per heavy atom. The molecule has 112 valence electrons. The fourth-order valence-corrected chi connectivity index (χ4v) is 2.80. The van der Waals surface area contributed by atoms with Gasteiger partial charge in [0.1, 0.15) is 11.6 Å². The fourth-order valence-electron chi connectivity index (χ4n) is 2.80. The Morgan fingerprint density at radius 1 is 1.40 bits per heavy atom. The third-order valence-corrected chi connectivity index (χ3v) is 3.95. The third kappa shape index (κ3) is 3.76. The first kappa shape index (κ1) is 15.4. The average molecular weight is 283 g/mol. The van der Waals surface area contributed by atoms with Gasteiger partial charge < -0.3 is 10.1 Å². The molecule has 1 heterocycles. The van der Waals surface area contributed by atoms with E-state index in [0.717, 1.165) is 32.1 Å². The summed E-state index contributed by atoms with van der Waals surface area (Å²) < 4.78 is 32.9. The summed E-state index contributed by atoms with van der Waals surface area (Å²) in [4.78, 5) is 0. The second kappa shape index (κ2) is 7.14. The summed E-state index contributed by atoms with van der Waals surface area (Å²) in [6.45, 7) is 5.85. The van der Waals surface area contributed by atoms with E-state index in [2.05, 4.69) is 19.2 Å². The van der Waals surface area contributed by atoms with Gasteiger partial charge >= 0.3 is 0 Å². The number of ether oxygens (including phenoxy) is 1. The van der Waals surface area contributed by atoms with Crippen molar-refractivity contribution in [2.75, 3.05) is 13.2 Å². The van der Waals surface area contributed by atoms with E-state index >= 15 is 0 Å². The highest BCUT2D eigenvalue weighted by Gasteiger charge is 2.32. The molecule has 0 bridgehead atoms. The zero-order chi connectivity index (χ0) is 14.5. The highest BCUT2D eigenvalue weighted by atomic mass is 19.1. The summed E-state index contributed by atoms with van der Waals surface area (Å²) in [5.74, 6) is -0.294. The van der Waals surface area contributed by atoms with Crippen LogP contribution in [0.2, 0.25) is 0 Å². The number of rotatable bonds is 6. The van der Waals surface area contributed by atoms with Crippen molar-refractivity contribution < 1.29 is 13.5 Å². The maximum atomic E-state index is 13.8. The molecule has 2 rings (SSSR count). The van der Waals surface area contributed by atoms with Gasteiger partial charge in [0.2, 0.25) is 0 Å². The quantitative estimate of drug-likeness (QED) is 0.865. The van der Waals surface area contributed by atoms with Crippen molar-refractivity contribution in [2.45, 2.75) is 45.3 Å². The lowest BCUT2D eigenvalue weighted by atomic mass is 9.92. The Hall–Kier alpha value is -1.00. The molecule has 0 saturated carbocycles. The van der Waals surface area contributed by atoms with Crippen molar-refractivity contribution in [2.24, 2.45) is 5.92 Å². The van der Waals surface area contributed by atoms with Crippen LogP contribution >= 0.6 is 0 Å². The van der Waals surface area contributed by atoms with Gasteiger partial charge in [-0.15, -0.1) is 0 Å². The van der Waals surface area contributed by atoms with E-state index < -0.39 is 5.82 Å². The molecule has 0 spiro atoms. The van der Waals surface area contributed by atoms with E-state index in [9.17, 15) is 8.78 Å². The van der Waals surface area contributed by atoms with Gasteiger partial charge in [-0.05, 0) is 55.5 Å². The van der Waals surface area contributed by atoms with E-state index in [-0.39, 0.29) is 18.0 Å². The minimum absolute atomic E-state index is 0.0312. The van der Waals surface area contributed by atoms with E-state index in [1.807, 2.05) is 0 Å². The molecule has 1 aromatic carbocycles. The molecule has 1 aliphatic heterocycles. The van der Waals surface area contributed by atoms with Gasteiger partial charge in [0.25, 0.3) is 0 Å². The monoisotopic (exact) mass is 283 g/mol. The van der Waals surface area contributed by atoms with Crippen molar-refractivity contribution in [3.8, 4) is 0 Å². The topological polar surface area (TPSA) is 21.3 Å². The first-order valence-electron chi connectivity index (χ1n) is 7.40. The molecular formula is C16H23F2NO. The SMILES string of the molecule is CCCNC(Cc1cc(F)ccc1F)C1OCCC1C. The van der Waals surface area contributed by atoms with Crippen LogP contribution in [0, 0.1) is 17.6 Å². The van der Waals surface area contributed by atoms with Crippen LogP contribution in [0.1, 0.15) is 32.3 Å². The summed E-state index contributed by atoms with van der Waals surface area (Å²) in [5.41, 5.74) is 0.418. The van der Waals surface area contributed by atoms with Gasteiger partial charge in [-0.3, -0.25) is 0 Å².